The summed E-state index contributed by atoms with van der Waals surface area (Å²) in [6.07, 6.45) is 4.58. The molecule has 1 N–H and O–H groups in total. The van der Waals surface area contributed by atoms with E-state index in [0.717, 1.165) is 22.9 Å². The Morgan fingerprint density at radius 1 is 1.08 bits per heavy atom. The Bertz CT molecular complexity index is 683. The first-order valence-corrected chi connectivity index (χ1v) is 9.65. The summed E-state index contributed by atoms with van der Waals surface area (Å²) in [7, 11) is 0. The molecule has 2 aromatic rings. The molecule has 0 fully saturated rings. The van der Waals surface area contributed by atoms with Gasteiger partial charge in [0, 0.05) is 11.0 Å². The SMILES string of the molecule is CCCCCCOc1ccc(Br)cc1C(=O)NCc1ccc(C)cc1. The van der Waals surface area contributed by atoms with Crippen LogP contribution >= 0.6 is 15.9 Å². The van der Waals surface area contributed by atoms with Crippen molar-refractivity contribution in [2.75, 3.05) is 6.61 Å². The zero-order chi connectivity index (χ0) is 18.1. The molecule has 0 atom stereocenters. The van der Waals surface area contributed by atoms with Crippen LogP contribution in [-0.2, 0) is 6.54 Å². The van der Waals surface area contributed by atoms with Crippen LogP contribution in [0.2, 0.25) is 0 Å². The lowest BCUT2D eigenvalue weighted by molar-refractivity contribution is 0.0946. The van der Waals surface area contributed by atoms with Gasteiger partial charge in [-0.15, -0.1) is 0 Å². The monoisotopic (exact) mass is 403 g/mol. The van der Waals surface area contributed by atoms with Crippen molar-refractivity contribution >= 4 is 21.8 Å². The third-order valence-corrected chi connectivity index (χ3v) is 4.51. The Kier molecular flexibility index (Phi) is 7.99. The highest BCUT2D eigenvalue weighted by molar-refractivity contribution is 9.10. The number of halogens is 1. The highest BCUT2D eigenvalue weighted by Crippen LogP contribution is 2.24. The van der Waals surface area contributed by atoms with Gasteiger partial charge in [0.15, 0.2) is 0 Å². The van der Waals surface area contributed by atoms with Crippen molar-refractivity contribution in [1.82, 2.24) is 5.32 Å². The van der Waals surface area contributed by atoms with Gasteiger partial charge in [0.2, 0.25) is 0 Å². The van der Waals surface area contributed by atoms with Crippen molar-refractivity contribution in [2.45, 2.75) is 46.1 Å². The summed E-state index contributed by atoms with van der Waals surface area (Å²) < 4.78 is 6.71. The minimum Gasteiger partial charge on any atom is -0.493 e. The summed E-state index contributed by atoms with van der Waals surface area (Å²) in [6.45, 7) is 5.38. The average molecular weight is 404 g/mol. The normalized spacial score (nSPS) is 10.5. The van der Waals surface area contributed by atoms with Crippen LogP contribution in [0, 0.1) is 6.92 Å². The van der Waals surface area contributed by atoms with Gasteiger partial charge in [-0.25, -0.2) is 0 Å². The van der Waals surface area contributed by atoms with Gasteiger partial charge in [-0.2, -0.15) is 0 Å². The third kappa shape index (κ3) is 6.54. The fourth-order valence-corrected chi connectivity index (χ4v) is 2.86. The molecule has 0 aliphatic rings. The van der Waals surface area contributed by atoms with E-state index in [4.69, 9.17) is 4.74 Å². The molecule has 0 unspecified atom stereocenters. The average Bonchev–Trinajstić information content (AvgIpc) is 2.62. The topological polar surface area (TPSA) is 38.3 Å². The summed E-state index contributed by atoms with van der Waals surface area (Å²) >= 11 is 3.44. The third-order valence-electron chi connectivity index (χ3n) is 4.02. The van der Waals surface area contributed by atoms with Crippen molar-refractivity contribution in [2.24, 2.45) is 0 Å². The molecule has 0 radical (unpaired) electrons. The largest absolute Gasteiger partial charge is 0.493 e. The number of rotatable bonds is 9. The van der Waals surface area contributed by atoms with Gasteiger partial charge in [-0.3, -0.25) is 4.79 Å². The second-order valence-electron chi connectivity index (χ2n) is 6.22. The van der Waals surface area contributed by atoms with Crippen LogP contribution in [0.4, 0.5) is 0 Å². The van der Waals surface area contributed by atoms with Crippen molar-refractivity contribution in [3.05, 3.63) is 63.6 Å². The van der Waals surface area contributed by atoms with Gasteiger partial charge >= 0.3 is 0 Å². The molecule has 3 nitrogen and oxygen atoms in total. The molecular weight excluding hydrogens is 378 g/mol. The van der Waals surface area contributed by atoms with Crippen LogP contribution in [-0.4, -0.2) is 12.5 Å². The summed E-state index contributed by atoms with van der Waals surface area (Å²) in [5.74, 6) is 0.520. The van der Waals surface area contributed by atoms with Gasteiger partial charge in [0.25, 0.3) is 5.91 Å². The summed E-state index contributed by atoms with van der Waals surface area (Å²) in [4.78, 5) is 12.6. The Balaban J connectivity index is 1.97. The molecule has 134 valence electrons. The van der Waals surface area contributed by atoms with Crippen LogP contribution in [0.25, 0.3) is 0 Å². The van der Waals surface area contributed by atoms with Crippen molar-refractivity contribution in [3.63, 3.8) is 0 Å². The van der Waals surface area contributed by atoms with E-state index in [9.17, 15) is 4.79 Å². The van der Waals surface area contributed by atoms with E-state index < -0.39 is 0 Å². The van der Waals surface area contributed by atoms with E-state index >= 15 is 0 Å². The van der Waals surface area contributed by atoms with E-state index in [0.29, 0.717) is 24.5 Å². The maximum atomic E-state index is 12.6. The molecule has 4 heteroatoms. The zero-order valence-corrected chi connectivity index (χ0v) is 16.6. The lowest BCUT2D eigenvalue weighted by Gasteiger charge is -2.12. The molecule has 2 aromatic carbocycles. The lowest BCUT2D eigenvalue weighted by Crippen LogP contribution is -2.23. The number of unbranched alkanes of at least 4 members (excludes halogenated alkanes) is 3. The second kappa shape index (κ2) is 10.2. The molecule has 1 amide bonds. The van der Waals surface area contributed by atoms with E-state index in [1.807, 2.05) is 49.4 Å². The van der Waals surface area contributed by atoms with Crippen LogP contribution < -0.4 is 10.1 Å². The van der Waals surface area contributed by atoms with E-state index in [1.54, 1.807) is 0 Å². The molecule has 0 aliphatic carbocycles. The smallest absolute Gasteiger partial charge is 0.255 e. The minimum atomic E-state index is -0.120. The molecule has 0 saturated heterocycles. The van der Waals surface area contributed by atoms with Crippen LogP contribution in [0.5, 0.6) is 5.75 Å². The summed E-state index contributed by atoms with van der Waals surface area (Å²) in [6, 6.07) is 13.7. The molecule has 2 rings (SSSR count). The molecular formula is C21H26BrNO2. The number of hydrogen-bond acceptors (Lipinski definition) is 2. The van der Waals surface area contributed by atoms with E-state index in [2.05, 4.69) is 28.2 Å². The maximum Gasteiger partial charge on any atom is 0.255 e. The Labute approximate surface area is 158 Å². The number of hydrogen-bond donors (Lipinski definition) is 1. The fourth-order valence-electron chi connectivity index (χ4n) is 2.50. The van der Waals surface area contributed by atoms with Gasteiger partial charge < -0.3 is 10.1 Å². The first kappa shape index (κ1) is 19.5. The lowest BCUT2D eigenvalue weighted by atomic mass is 10.1. The van der Waals surface area contributed by atoms with Gasteiger partial charge in [-0.05, 0) is 37.1 Å². The number of ether oxygens (including phenoxy) is 1. The highest BCUT2D eigenvalue weighted by atomic mass is 79.9. The van der Waals surface area contributed by atoms with Crippen LogP contribution in [0.1, 0.15) is 54.1 Å². The van der Waals surface area contributed by atoms with E-state index in [-0.39, 0.29) is 5.91 Å². The van der Waals surface area contributed by atoms with Gasteiger partial charge in [0.1, 0.15) is 5.75 Å². The zero-order valence-electron chi connectivity index (χ0n) is 15.0. The summed E-state index contributed by atoms with van der Waals surface area (Å²) in [5, 5.41) is 2.97. The second-order valence-corrected chi connectivity index (χ2v) is 7.13. The molecule has 0 saturated carbocycles. The maximum absolute atomic E-state index is 12.6. The highest BCUT2D eigenvalue weighted by Gasteiger charge is 2.13. The Hall–Kier alpha value is -1.81. The Morgan fingerprint density at radius 2 is 1.84 bits per heavy atom. The molecule has 25 heavy (non-hydrogen) atoms. The molecule has 0 aliphatic heterocycles. The summed E-state index contributed by atoms with van der Waals surface area (Å²) in [5.41, 5.74) is 2.86. The predicted octanol–water partition coefficient (Wildman–Crippen LogP) is 5.65. The van der Waals surface area contributed by atoms with Crippen molar-refractivity contribution in [3.8, 4) is 5.75 Å². The molecule has 0 spiro atoms. The number of amides is 1. The van der Waals surface area contributed by atoms with Gasteiger partial charge in [0.05, 0.1) is 12.2 Å². The predicted molar refractivity (Wildman–Crippen MR) is 106 cm³/mol. The number of aryl methyl sites for hydroxylation is 1. The molecule has 0 aromatic heterocycles. The number of carbonyl (C=O) groups excluding carboxylic acids is 1. The fraction of sp³-hybridized carbons (Fsp3) is 0.381. The number of nitrogens with one attached hydrogen (secondary N) is 1. The van der Waals surface area contributed by atoms with E-state index in [1.165, 1.54) is 18.4 Å². The van der Waals surface area contributed by atoms with Crippen LogP contribution in [0.15, 0.2) is 46.9 Å². The number of benzene rings is 2. The number of carbonyl (C=O) groups is 1. The Morgan fingerprint density at radius 3 is 2.56 bits per heavy atom. The molecule has 0 bridgehead atoms. The quantitative estimate of drug-likeness (QED) is 0.549. The first-order valence-electron chi connectivity index (χ1n) is 8.86. The van der Waals surface area contributed by atoms with Crippen molar-refractivity contribution < 1.29 is 9.53 Å². The standard InChI is InChI=1S/C21H26BrNO2/c1-3-4-5-6-13-25-20-12-11-18(22)14-19(20)21(24)23-15-17-9-7-16(2)8-10-17/h7-12,14H,3-6,13,15H2,1-2H3,(H,23,24). The van der Waals surface area contributed by atoms with Crippen molar-refractivity contribution in [1.29, 1.82) is 0 Å². The first-order chi connectivity index (χ1) is 12.1. The van der Waals surface area contributed by atoms with Gasteiger partial charge in [-0.1, -0.05) is 71.9 Å². The molecule has 0 heterocycles. The minimum absolute atomic E-state index is 0.120. The van der Waals surface area contributed by atoms with Crippen LogP contribution in [0.3, 0.4) is 0 Å².